The molecule has 0 atom stereocenters. The van der Waals surface area contributed by atoms with Gasteiger partial charge in [-0.1, -0.05) is 11.6 Å². The van der Waals surface area contributed by atoms with E-state index >= 15 is 0 Å². The first-order valence-corrected chi connectivity index (χ1v) is 6.44. The molecule has 1 aromatic carbocycles. The Morgan fingerprint density at radius 3 is 2.50 bits per heavy atom. The third-order valence-electron chi connectivity index (χ3n) is 2.52. The SMILES string of the molecule is O=C(Nc1ccc(OCC(F)(F)F)cc1)c1cccnc1Cl. The van der Waals surface area contributed by atoms with E-state index in [0.29, 0.717) is 5.69 Å². The van der Waals surface area contributed by atoms with E-state index in [-0.39, 0.29) is 16.5 Å². The van der Waals surface area contributed by atoms with Crippen LogP contribution >= 0.6 is 11.6 Å². The molecule has 0 bridgehead atoms. The third kappa shape index (κ3) is 4.63. The van der Waals surface area contributed by atoms with E-state index in [2.05, 4.69) is 15.0 Å². The van der Waals surface area contributed by atoms with Crippen LogP contribution in [0.3, 0.4) is 0 Å². The smallest absolute Gasteiger partial charge is 0.422 e. The summed E-state index contributed by atoms with van der Waals surface area (Å²) in [5, 5.41) is 2.62. The maximum atomic E-state index is 12.0. The zero-order chi connectivity index (χ0) is 16.2. The summed E-state index contributed by atoms with van der Waals surface area (Å²) >= 11 is 5.80. The molecule has 0 aliphatic rings. The number of hydrogen-bond donors (Lipinski definition) is 1. The largest absolute Gasteiger partial charge is 0.484 e. The van der Waals surface area contributed by atoms with Crippen molar-refractivity contribution < 1.29 is 22.7 Å². The van der Waals surface area contributed by atoms with Crippen molar-refractivity contribution in [2.24, 2.45) is 0 Å². The van der Waals surface area contributed by atoms with Gasteiger partial charge in [-0.05, 0) is 36.4 Å². The van der Waals surface area contributed by atoms with E-state index in [1.807, 2.05) is 0 Å². The second-order valence-corrected chi connectivity index (χ2v) is 4.58. The highest BCUT2D eigenvalue weighted by Gasteiger charge is 2.28. The summed E-state index contributed by atoms with van der Waals surface area (Å²) < 4.78 is 40.6. The molecule has 0 spiro atoms. The van der Waals surface area contributed by atoms with Crippen LogP contribution < -0.4 is 10.1 Å². The first kappa shape index (κ1) is 16.1. The number of carbonyl (C=O) groups excluding carboxylic acids is 1. The molecule has 1 amide bonds. The quantitative estimate of drug-likeness (QED) is 0.864. The topological polar surface area (TPSA) is 51.2 Å². The van der Waals surface area contributed by atoms with Gasteiger partial charge >= 0.3 is 6.18 Å². The Labute approximate surface area is 128 Å². The second-order valence-electron chi connectivity index (χ2n) is 4.22. The highest BCUT2D eigenvalue weighted by molar-refractivity contribution is 6.33. The van der Waals surface area contributed by atoms with E-state index in [1.54, 1.807) is 6.07 Å². The Morgan fingerprint density at radius 2 is 1.91 bits per heavy atom. The summed E-state index contributed by atoms with van der Waals surface area (Å²) in [5.41, 5.74) is 0.589. The van der Waals surface area contributed by atoms with Gasteiger partial charge in [-0.25, -0.2) is 4.98 Å². The first-order chi connectivity index (χ1) is 10.3. The number of aromatic nitrogens is 1. The van der Waals surface area contributed by atoms with Crippen LogP contribution in [0.5, 0.6) is 5.75 Å². The minimum Gasteiger partial charge on any atom is -0.484 e. The van der Waals surface area contributed by atoms with Crippen LogP contribution in [0.25, 0.3) is 0 Å². The lowest BCUT2D eigenvalue weighted by molar-refractivity contribution is -0.153. The van der Waals surface area contributed by atoms with Crippen molar-refractivity contribution >= 4 is 23.2 Å². The number of hydrogen-bond acceptors (Lipinski definition) is 3. The van der Waals surface area contributed by atoms with Gasteiger partial charge in [0.15, 0.2) is 6.61 Å². The number of amides is 1. The van der Waals surface area contributed by atoms with Crippen LogP contribution in [0.4, 0.5) is 18.9 Å². The number of carbonyl (C=O) groups is 1. The van der Waals surface area contributed by atoms with Crippen molar-refractivity contribution in [2.75, 3.05) is 11.9 Å². The fraction of sp³-hybridized carbons (Fsp3) is 0.143. The summed E-state index contributed by atoms with van der Waals surface area (Å²) in [6.45, 7) is -1.37. The maximum Gasteiger partial charge on any atom is 0.422 e. The van der Waals surface area contributed by atoms with Crippen molar-refractivity contribution in [3.05, 3.63) is 53.3 Å². The van der Waals surface area contributed by atoms with Crippen molar-refractivity contribution in [3.8, 4) is 5.75 Å². The fourth-order valence-electron chi connectivity index (χ4n) is 1.55. The van der Waals surface area contributed by atoms with Gasteiger partial charge < -0.3 is 10.1 Å². The monoisotopic (exact) mass is 330 g/mol. The highest BCUT2D eigenvalue weighted by Crippen LogP contribution is 2.21. The summed E-state index contributed by atoms with van der Waals surface area (Å²) in [7, 11) is 0. The molecule has 0 saturated carbocycles. The van der Waals surface area contributed by atoms with Gasteiger partial charge in [-0.15, -0.1) is 0 Å². The number of nitrogens with one attached hydrogen (secondary N) is 1. The Kier molecular flexibility index (Phi) is 4.87. The molecule has 0 aliphatic heterocycles. The average molecular weight is 331 g/mol. The predicted molar refractivity (Wildman–Crippen MR) is 75.2 cm³/mol. The molecule has 1 aromatic heterocycles. The molecular weight excluding hydrogens is 321 g/mol. The molecular formula is C14H10ClF3N2O2. The van der Waals surface area contributed by atoms with Gasteiger partial charge in [-0.3, -0.25) is 4.79 Å². The number of ether oxygens (including phenoxy) is 1. The van der Waals surface area contributed by atoms with Crippen LogP contribution in [0, 0.1) is 0 Å². The van der Waals surface area contributed by atoms with Crippen molar-refractivity contribution in [1.29, 1.82) is 0 Å². The second kappa shape index (κ2) is 6.65. The molecule has 116 valence electrons. The molecule has 0 radical (unpaired) electrons. The number of pyridine rings is 1. The summed E-state index contributed by atoms with van der Waals surface area (Å²) in [5.74, 6) is -0.420. The average Bonchev–Trinajstić information content (AvgIpc) is 2.46. The van der Waals surface area contributed by atoms with Crippen molar-refractivity contribution in [3.63, 3.8) is 0 Å². The Bertz CT molecular complexity index is 660. The molecule has 0 saturated heterocycles. The summed E-state index contributed by atoms with van der Waals surface area (Å²) in [6, 6.07) is 8.57. The minimum absolute atomic E-state index is 0.0507. The lowest BCUT2D eigenvalue weighted by atomic mass is 10.2. The Balaban J connectivity index is 1.99. The standard InChI is InChI=1S/C14H10ClF3N2O2/c15-12-11(2-1-7-19-12)13(21)20-9-3-5-10(6-4-9)22-8-14(16,17)18/h1-7H,8H2,(H,20,21). The Hall–Kier alpha value is -2.28. The molecule has 22 heavy (non-hydrogen) atoms. The fourth-order valence-corrected chi connectivity index (χ4v) is 1.76. The van der Waals surface area contributed by atoms with Crippen molar-refractivity contribution in [2.45, 2.75) is 6.18 Å². The first-order valence-electron chi connectivity index (χ1n) is 6.06. The molecule has 0 unspecified atom stereocenters. The lowest BCUT2D eigenvalue weighted by Crippen LogP contribution is -2.19. The normalized spacial score (nSPS) is 11.1. The summed E-state index contributed by atoms with van der Waals surface area (Å²) in [4.78, 5) is 15.7. The molecule has 1 heterocycles. The van der Waals surface area contributed by atoms with Gasteiger partial charge in [0, 0.05) is 11.9 Å². The number of halogens is 4. The number of nitrogens with zero attached hydrogens (tertiary/aromatic N) is 1. The summed E-state index contributed by atoms with van der Waals surface area (Å²) in [6.07, 6.45) is -2.95. The van der Waals surface area contributed by atoms with E-state index < -0.39 is 18.7 Å². The van der Waals surface area contributed by atoms with E-state index in [0.717, 1.165) is 0 Å². The van der Waals surface area contributed by atoms with E-state index in [4.69, 9.17) is 11.6 Å². The maximum absolute atomic E-state index is 12.0. The van der Waals surface area contributed by atoms with Gasteiger partial charge in [0.1, 0.15) is 10.9 Å². The van der Waals surface area contributed by atoms with Crippen LogP contribution in [0.15, 0.2) is 42.6 Å². The van der Waals surface area contributed by atoms with Crippen molar-refractivity contribution in [1.82, 2.24) is 4.98 Å². The molecule has 1 N–H and O–H groups in total. The molecule has 2 aromatic rings. The third-order valence-corrected chi connectivity index (χ3v) is 2.82. The van der Waals surface area contributed by atoms with Gasteiger partial charge in [0.25, 0.3) is 5.91 Å². The van der Waals surface area contributed by atoms with Crippen LogP contribution in [-0.2, 0) is 0 Å². The zero-order valence-corrected chi connectivity index (χ0v) is 11.8. The predicted octanol–water partition coefficient (Wildman–Crippen LogP) is 3.93. The lowest BCUT2D eigenvalue weighted by Gasteiger charge is -2.10. The van der Waals surface area contributed by atoms with Crippen LogP contribution in [0.1, 0.15) is 10.4 Å². The zero-order valence-electron chi connectivity index (χ0n) is 11.0. The number of benzene rings is 1. The van der Waals surface area contributed by atoms with Gasteiger partial charge in [0.2, 0.25) is 0 Å². The molecule has 8 heteroatoms. The number of rotatable bonds is 4. The molecule has 2 rings (SSSR count). The van der Waals surface area contributed by atoms with Crippen LogP contribution in [-0.4, -0.2) is 23.7 Å². The Morgan fingerprint density at radius 1 is 1.23 bits per heavy atom. The highest BCUT2D eigenvalue weighted by atomic mass is 35.5. The molecule has 0 aliphatic carbocycles. The van der Waals surface area contributed by atoms with Crippen LogP contribution in [0.2, 0.25) is 5.15 Å². The van der Waals surface area contributed by atoms with E-state index in [1.165, 1.54) is 36.5 Å². The molecule has 4 nitrogen and oxygen atoms in total. The number of anilines is 1. The van der Waals surface area contributed by atoms with Gasteiger partial charge in [0.05, 0.1) is 5.56 Å². The van der Waals surface area contributed by atoms with Gasteiger partial charge in [-0.2, -0.15) is 13.2 Å². The number of alkyl halides is 3. The molecule has 0 fully saturated rings. The minimum atomic E-state index is -4.40. The van der Waals surface area contributed by atoms with E-state index in [9.17, 15) is 18.0 Å².